The number of nitrogens with one attached hydrogen (secondary N) is 1. The van der Waals surface area contributed by atoms with Gasteiger partial charge >= 0.3 is 6.61 Å². The fourth-order valence-electron chi connectivity index (χ4n) is 1.81. The molecule has 1 aromatic carbocycles. The molecule has 0 fully saturated rings. The number of benzene rings is 1. The summed E-state index contributed by atoms with van der Waals surface area (Å²) in [5, 5.41) is 14.0. The lowest BCUT2D eigenvalue weighted by molar-refractivity contribution is -0.385. The lowest BCUT2D eigenvalue weighted by Crippen LogP contribution is -2.33. The molecule has 1 aromatic rings. The lowest BCUT2D eigenvalue weighted by atomic mass is 10.1. The van der Waals surface area contributed by atoms with E-state index in [2.05, 4.69) is 10.1 Å². The quantitative estimate of drug-likeness (QED) is 0.555. The fourth-order valence-corrected chi connectivity index (χ4v) is 1.81. The Morgan fingerprint density at radius 3 is 2.50 bits per heavy atom. The molecule has 1 N–H and O–H groups in total. The van der Waals surface area contributed by atoms with E-state index in [1.807, 2.05) is 0 Å². The van der Waals surface area contributed by atoms with Crippen LogP contribution in [0.25, 0.3) is 0 Å². The maximum atomic E-state index is 12.4. The molecule has 0 bridgehead atoms. The van der Waals surface area contributed by atoms with E-state index in [0.717, 1.165) is 12.1 Å². The Hall–Kier alpha value is -2.20. The van der Waals surface area contributed by atoms with Crippen LogP contribution in [0.1, 0.15) is 10.4 Å². The Bertz CT molecular complexity index is 589. The number of likely N-dealkylation sites (N-methyl/N-ethyl adjacent to an activating group) is 2. The van der Waals surface area contributed by atoms with Crippen LogP contribution in [0, 0.1) is 10.1 Å². The third-order valence-corrected chi connectivity index (χ3v) is 2.97. The maximum absolute atomic E-state index is 12.4. The van der Waals surface area contributed by atoms with Crippen molar-refractivity contribution in [1.82, 2.24) is 10.2 Å². The highest BCUT2D eigenvalue weighted by Crippen LogP contribution is 2.36. The molecule has 0 heterocycles. The van der Waals surface area contributed by atoms with Gasteiger partial charge in [-0.25, -0.2) is 0 Å². The number of nitro benzene ring substituents is 1. The molecule has 0 aliphatic rings. The minimum atomic E-state index is -3.18. The molecule has 0 aliphatic heterocycles. The van der Waals surface area contributed by atoms with Gasteiger partial charge < -0.3 is 19.7 Å². The summed E-state index contributed by atoms with van der Waals surface area (Å²) in [7, 11) is 4.35. The third kappa shape index (κ3) is 5.46. The second kappa shape index (κ2) is 9.83. The van der Waals surface area contributed by atoms with Crippen molar-refractivity contribution in [3.8, 4) is 11.5 Å². The van der Waals surface area contributed by atoms with E-state index < -0.39 is 28.9 Å². The molecule has 1 rings (SSSR count). The normalized spacial score (nSPS) is 10.1. The average Bonchev–Trinajstić information content (AvgIpc) is 2.50. The predicted molar refractivity (Wildman–Crippen MR) is 84.4 cm³/mol. The second-order valence-corrected chi connectivity index (χ2v) is 4.49. The number of carbonyl (C=O) groups is 1. The number of carbonyl (C=O) groups excluding carboxylic acids is 1. The summed E-state index contributed by atoms with van der Waals surface area (Å²) >= 11 is 0. The number of ether oxygens (including phenoxy) is 2. The topological polar surface area (TPSA) is 93.9 Å². The second-order valence-electron chi connectivity index (χ2n) is 4.49. The van der Waals surface area contributed by atoms with Gasteiger partial charge in [0.1, 0.15) is 5.56 Å². The summed E-state index contributed by atoms with van der Waals surface area (Å²) < 4.78 is 33.8. The molecule has 0 spiro atoms. The van der Waals surface area contributed by atoms with E-state index >= 15 is 0 Å². The molecule has 24 heavy (non-hydrogen) atoms. The first kappa shape index (κ1) is 21.8. The van der Waals surface area contributed by atoms with E-state index in [4.69, 9.17) is 4.74 Å². The fraction of sp³-hybridized carbons (Fsp3) is 0.462. The Balaban J connectivity index is 0.00000529. The minimum Gasteiger partial charge on any atom is -0.493 e. The molecule has 1 amide bonds. The number of rotatable bonds is 8. The highest BCUT2D eigenvalue weighted by atomic mass is 35.5. The number of alkyl halides is 2. The van der Waals surface area contributed by atoms with Crippen LogP contribution >= 0.6 is 12.4 Å². The number of nitro groups is 1. The van der Waals surface area contributed by atoms with Gasteiger partial charge in [-0.15, -0.1) is 12.4 Å². The van der Waals surface area contributed by atoms with Crippen molar-refractivity contribution in [2.75, 3.05) is 34.3 Å². The Kier molecular flexibility index (Phi) is 8.93. The predicted octanol–water partition coefficient (Wildman–Crippen LogP) is 1.92. The van der Waals surface area contributed by atoms with E-state index in [1.165, 1.54) is 19.1 Å². The van der Waals surface area contributed by atoms with Crippen LogP contribution in [0.3, 0.4) is 0 Å². The first-order chi connectivity index (χ1) is 10.8. The lowest BCUT2D eigenvalue weighted by Gasteiger charge is -2.18. The Morgan fingerprint density at radius 1 is 1.42 bits per heavy atom. The number of hydrogen-bond donors (Lipinski definition) is 1. The average molecular weight is 370 g/mol. The molecular formula is C13H18ClF2N3O5. The largest absolute Gasteiger partial charge is 0.493 e. The molecule has 0 saturated heterocycles. The standard InChI is InChI=1S/C13H17F2N3O5.ClH/c1-16-4-5-17(2)12(19)8-6-10(22-3)11(23-13(14)15)7-9(8)18(20)21;/h6-7,13,16H,4-5H2,1-3H3;1H. The van der Waals surface area contributed by atoms with Crippen molar-refractivity contribution in [3.63, 3.8) is 0 Å². The SMILES string of the molecule is CNCCN(C)C(=O)c1cc(OC)c(OC(F)F)cc1[N+](=O)[O-].Cl. The van der Waals surface area contributed by atoms with Crippen LogP contribution in [0.2, 0.25) is 0 Å². The van der Waals surface area contributed by atoms with Crippen LogP contribution in [0.4, 0.5) is 14.5 Å². The first-order valence-electron chi connectivity index (χ1n) is 6.53. The Labute approximate surface area is 143 Å². The number of amides is 1. The Morgan fingerprint density at radius 2 is 2.04 bits per heavy atom. The van der Waals surface area contributed by atoms with Gasteiger partial charge in [0.25, 0.3) is 11.6 Å². The molecule has 0 radical (unpaired) electrons. The van der Waals surface area contributed by atoms with Crippen molar-refractivity contribution in [2.45, 2.75) is 6.61 Å². The highest BCUT2D eigenvalue weighted by molar-refractivity contribution is 5.99. The summed E-state index contributed by atoms with van der Waals surface area (Å²) in [6, 6.07) is 1.78. The van der Waals surface area contributed by atoms with Crippen LogP contribution in [-0.4, -0.2) is 56.6 Å². The zero-order valence-corrected chi connectivity index (χ0v) is 14.1. The van der Waals surface area contributed by atoms with Crippen LogP contribution in [0.15, 0.2) is 12.1 Å². The zero-order valence-electron chi connectivity index (χ0n) is 13.2. The summed E-state index contributed by atoms with van der Waals surface area (Å²) in [5.74, 6) is -1.33. The molecule has 0 aliphatic carbocycles. The van der Waals surface area contributed by atoms with Crippen molar-refractivity contribution in [1.29, 1.82) is 0 Å². The van der Waals surface area contributed by atoms with Gasteiger partial charge in [0.2, 0.25) is 0 Å². The third-order valence-electron chi connectivity index (χ3n) is 2.97. The molecular weight excluding hydrogens is 352 g/mol. The van der Waals surface area contributed by atoms with Gasteiger partial charge in [-0.3, -0.25) is 14.9 Å². The van der Waals surface area contributed by atoms with Crippen LogP contribution < -0.4 is 14.8 Å². The minimum absolute atomic E-state index is 0. The number of methoxy groups -OCH3 is 1. The van der Waals surface area contributed by atoms with Gasteiger partial charge in [0.15, 0.2) is 11.5 Å². The molecule has 11 heteroatoms. The first-order valence-corrected chi connectivity index (χ1v) is 6.53. The van der Waals surface area contributed by atoms with E-state index in [0.29, 0.717) is 13.1 Å². The molecule has 0 saturated carbocycles. The van der Waals surface area contributed by atoms with E-state index in [1.54, 1.807) is 7.05 Å². The van der Waals surface area contributed by atoms with Gasteiger partial charge in [-0.1, -0.05) is 0 Å². The maximum Gasteiger partial charge on any atom is 0.387 e. The number of nitrogens with zero attached hydrogens (tertiary/aromatic N) is 2. The number of halogens is 3. The molecule has 0 atom stereocenters. The monoisotopic (exact) mass is 369 g/mol. The van der Waals surface area contributed by atoms with Gasteiger partial charge in [-0.2, -0.15) is 8.78 Å². The van der Waals surface area contributed by atoms with Gasteiger partial charge in [-0.05, 0) is 7.05 Å². The molecule has 136 valence electrons. The molecule has 8 nitrogen and oxygen atoms in total. The van der Waals surface area contributed by atoms with E-state index in [-0.39, 0.29) is 23.7 Å². The van der Waals surface area contributed by atoms with Gasteiger partial charge in [0, 0.05) is 26.2 Å². The summed E-state index contributed by atoms with van der Waals surface area (Å²) in [5.41, 5.74) is -0.908. The summed E-state index contributed by atoms with van der Waals surface area (Å²) in [6.45, 7) is -2.38. The zero-order chi connectivity index (χ0) is 17.6. The van der Waals surface area contributed by atoms with Crippen molar-refractivity contribution in [3.05, 3.63) is 27.8 Å². The van der Waals surface area contributed by atoms with Crippen molar-refractivity contribution < 1.29 is 28.0 Å². The van der Waals surface area contributed by atoms with Gasteiger partial charge in [0.05, 0.1) is 18.1 Å². The summed E-state index contributed by atoms with van der Waals surface area (Å²) in [4.78, 5) is 23.9. The summed E-state index contributed by atoms with van der Waals surface area (Å²) in [6.07, 6.45) is 0. The highest BCUT2D eigenvalue weighted by Gasteiger charge is 2.27. The number of hydrogen-bond acceptors (Lipinski definition) is 6. The van der Waals surface area contributed by atoms with Crippen LogP contribution in [-0.2, 0) is 0 Å². The van der Waals surface area contributed by atoms with Crippen molar-refractivity contribution >= 4 is 24.0 Å². The van der Waals surface area contributed by atoms with Crippen LogP contribution in [0.5, 0.6) is 11.5 Å². The van der Waals surface area contributed by atoms with Crippen molar-refractivity contribution in [2.24, 2.45) is 0 Å². The van der Waals surface area contributed by atoms with E-state index in [9.17, 15) is 23.7 Å². The molecule has 0 aromatic heterocycles. The smallest absolute Gasteiger partial charge is 0.387 e. The molecule has 0 unspecified atom stereocenters.